The van der Waals surface area contributed by atoms with Crippen LogP contribution in [0.25, 0.3) is 0 Å². The minimum absolute atomic E-state index is 0.0852. The molecule has 1 aliphatic heterocycles. The van der Waals surface area contributed by atoms with Gasteiger partial charge >= 0.3 is 0 Å². The lowest BCUT2D eigenvalue weighted by atomic mass is 10.1. The molecule has 1 fully saturated rings. The molecule has 0 radical (unpaired) electrons. The molecule has 0 bridgehead atoms. The summed E-state index contributed by atoms with van der Waals surface area (Å²) in [5.74, 6) is 0.634. The van der Waals surface area contributed by atoms with Gasteiger partial charge in [0.15, 0.2) is 0 Å². The Bertz CT molecular complexity index is 819. The Morgan fingerprint density at radius 1 is 1.11 bits per heavy atom. The van der Waals surface area contributed by atoms with E-state index in [4.69, 9.17) is 27.9 Å². The van der Waals surface area contributed by atoms with E-state index in [0.29, 0.717) is 23.2 Å². The van der Waals surface area contributed by atoms with Crippen molar-refractivity contribution in [1.82, 2.24) is 10.3 Å². The van der Waals surface area contributed by atoms with Crippen molar-refractivity contribution in [2.24, 2.45) is 5.10 Å². The van der Waals surface area contributed by atoms with Gasteiger partial charge in [-0.15, -0.1) is 0 Å². The molecule has 1 aliphatic rings. The molecule has 7 heteroatoms. The third-order valence-corrected chi connectivity index (χ3v) is 5.10. The van der Waals surface area contributed by atoms with Crippen LogP contribution in [0.3, 0.4) is 0 Å². The fraction of sp³-hybridized carbons (Fsp3) is 0.333. The maximum atomic E-state index is 11.9. The summed E-state index contributed by atoms with van der Waals surface area (Å²) in [5, 5.41) is 5.21. The molecule has 0 aromatic heterocycles. The number of rotatable bonds is 7. The second kappa shape index (κ2) is 10.5. The SMILES string of the molecule is O=C(CN1CCCCC1)N/N=C\c1ccc(OCc2ccc(Cl)cc2Cl)cc1. The number of benzene rings is 2. The average molecular weight is 420 g/mol. The molecule has 0 spiro atoms. The summed E-state index contributed by atoms with van der Waals surface area (Å²) in [7, 11) is 0. The number of nitrogens with zero attached hydrogens (tertiary/aromatic N) is 2. The number of halogens is 2. The highest BCUT2D eigenvalue weighted by Gasteiger charge is 2.13. The van der Waals surface area contributed by atoms with Crippen LogP contribution in [0.1, 0.15) is 30.4 Å². The lowest BCUT2D eigenvalue weighted by Gasteiger charge is -2.25. The molecule has 1 heterocycles. The zero-order chi connectivity index (χ0) is 19.8. The Labute approximate surface area is 175 Å². The molecule has 28 heavy (non-hydrogen) atoms. The predicted octanol–water partition coefficient (Wildman–Crippen LogP) is 4.51. The van der Waals surface area contributed by atoms with E-state index >= 15 is 0 Å². The van der Waals surface area contributed by atoms with Gasteiger partial charge in [-0.05, 0) is 67.9 Å². The molecule has 2 aromatic rings. The fourth-order valence-electron chi connectivity index (χ4n) is 2.98. The molecule has 148 valence electrons. The van der Waals surface area contributed by atoms with Crippen LogP contribution in [0.15, 0.2) is 47.6 Å². The normalized spacial score (nSPS) is 14.9. The maximum Gasteiger partial charge on any atom is 0.254 e. The van der Waals surface area contributed by atoms with Gasteiger partial charge in [0.1, 0.15) is 12.4 Å². The van der Waals surface area contributed by atoms with Gasteiger partial charge in [0, 0.05) is 15.6 Å². The van der Waals surface area contributed by atoms with E-state index in [9.17, 15) is 4.79 Å². The van der Waals surface area contributed by atoms with Crippen LogP contribution in [-0.2, 0) is 11.4 Å². The number of hydrogen-bond donors (Lipinski definition) is 1. The molecule has 2 aromatic carbocycles. The molecule has 5 nitrogen and oxygen atoms in total. The molecule has 1 amide bonds. The summed E-state index contributed by atoms with van der Waals surface area (Å²) in [6, 6.07) is 12.8. The topological polar surface area (TPSA) is 53.9 Å². The number of hydrazone groups is 1. The fourth-order valence-corrected chi connectivity index (χ4v) is 3.45. The molecule has 0 unspecified atom stereocenters. The Kier molecular flexibility index (Phi) is 7.71. The Morgan fingerprint density at radius 3 is 2.57 bits per heavy atom. The summed E-state index contributed by atoms with van der Waals surface area (Å²) < 4.78 is 5.75. The van der Waals surface area contributed by atoms with Gasteiger partial charge in [-0.3, -0.25) is 9.69 Å². The molecule has 1 saturated heterocycles. The minimum atomic E-state index is -0.0852. The third kappa shape index (κ3) is 6.51. The number of carbonyl (C=O) groups excluding carboxylic acids is 1. The van der Waals surface area contributed by atoms with Crippen molar-refractivity contribution in [2.45, 2.75) is 25.9 Å². The molecule has 1 N–H and O–H groups in total. The van der Waals surface area contributed by atoms with Crippen LogP contribution in [0.2, 0.25) is 10.0 Å². The van der Waals surface area contributed by atoms with Crippen LogP contribution in [0.4, 0.5) is 0 Å². The first-order chi connectivity index (χ1) is 13.6. The molecular formula is C21H23Cl2N3O2. The van der Waals surface area contributed by atoms with Gasteiger partial charge in [0.25, 0.3) is 5.91 Å². The van der Waals surface area contributed by atoms with Gasteiger partial charge in [0.05, 0.1) is 12.8 Å². The van der Waals surface area contributed by atoms with Crippen LogP contribution in [0.5, 0.6) is 5.75 Å². The number of amides is 1. The smallest absolute Gasteiger partial charge is 0.254 e. The zero-order valence-corrected chi connectivity index (χ0v) is 17.0. The minimum Gasteiger partial charge on any atom is -0.489 e. The van der Waals surface area contributed by atoms with Gasteiger partial charge in [0.2, 0.25) is 0 Å². The van der Waals surface area contributed by atoms with Gasteiger partial charge in [-0.25, -0.2) is 5.43 Å². The Balaban J connectivity index is 1.44. The summed E-state index contributed by atoms with van der Waals surface area (Å²) in [6.07, 6.45) is 5.20. The van der Waals surface area contributed by atoms with Crippen LogP contribution in [-0.4, -0.2) is 36.7 Å². The lowest BCUT2D eigenvalue weighted by molar-refractivity contribution is -0.122. The van der Waals surface area contributed by atoms with Crippen LogP contribution < -0.4 is 10.2 Å². The van der Waals surface area contributed by atoms with Crippen LogP contribution in [0, 0.1) is 0 Å². The van der Waals surface area contributed by atoms with Crippen molar-refractivity contribution in [3.63, 3.8) is 0 Å². The van der Waals surface area contributed by atoms with Crippen molar-refractivity contribution in [1.29, 1.82) is 0 Å². The van der Waals surface area contributed by atoms with E-state index in [-0.39, 0.29) is 5.91 Å². The Hall–Kier alpha value is -2.08. The summed E-state index contributed by atoms with van der Waals surface area (Å²) >= 11 is 12.0. The third-order valence-electron chi connectivity index (χ3n) is 4.51. The monoisotopic (exact) mass is 419 g/mol. The highest BCUT2D eigenvalue weighted by atomic mass is 35.5. The van der Waals surface area contributed by atoms with Crippen molar-refractivity contribution in [3.05, 3.63) is 63.6 Å². The largest absolute Gasteiger partial charge is 0.489 e. The summed E-state index contributed by atoms with van der Waals surface area (Å²) in [5.41, 5.74) is 4.32. The number of ether oxygens (including phenoxy) is 1. The molecular weight excluding hydrogens is 397 g/mol. The molecule has 0 atom stereocenters. The summed E-state index contributed by atoms with van der Waals surface area (Å²) in [6.45, 7) is 2.73. The van der Waals surface area contributed by atoms with Crippen molar-refractivity contribution in [2.75, 3.05) is 19.6 Å². The average Bonchev–Trinajstić information content (AvgIpc) is 2.69. The van der Waals surface area contributed by atoms with Gasteiger partial charge < -0.3 is 4.74 Å². The van der Waals surface area contributed by atoms with Gasteiger partial charge in [-0.2, -0.15) is 5.10 Å². The highest BCUT2D eigenvalue weighted by Crippen LogP contribution is 2.22. The lowest BCUT2D eigenvalue weighted by Crippen LogP contribution is -2.38. The number of hydrogen-bond acceptors (Lipinski definition) is 4. The van der Waals surface area contributed by atoms with E-state index in [0.717, 1.165) is 42.8 Å². The van der Waals surface area contributed by atoms with Crippen molar-refractivity contribution in [3.8, 4) is 5.75 Å². The molecule has 3 rings (SSSR count). The van der Waals surface area contributed by atoms with Crippen LogP contribution >= 0.6 is 23.2 Å². The number of nitrogens with one attached hydrogen (secondary N) is 1. The first-order valence-electron chi connectivity index (χ1n) is 9.31. The zero-order valence-electron chi connectivity index (χ0n) is 15.5. The first-order valence-corrected chi connectivity index (χ1v) is 10.1. The maximum absolute atomic E-state index is 11.9. The number of carbonyl (C=O) groups is 1. The standard InChI is InChI=1S/C21H23Cl2N3O2/c22-18-7-6-17(20(23)12-18)15-28-19-8-4-16(5-9-19)13-24-25-21(27)14-26-10-2-1-3-11-26/h4-9,12-13H,1-3,10-11,14-15H2,(H,25,27)/b24-13-. The van der Waals surface area contributed by atoms with E-state index in [1.165, 1.54) is 6.42 Å². The second-order valence-corrected chi connectivity index (χ2v) is 7.57. The van der Waals surface area contributed by atoms with E-state index in [1.807, 2.05) is 30.3 Å². The number of likely N-dealkylation sites (tertiary alicyclic amines) is 1. The van der Waals surface area contributed by atoms with Gasteiger partial charge in [-0.1, -0.05) is 35.7 Å². The molecule has 0 saturated carbocycles. The quantitative estimate of drug-likeness (QED) is 0.530. The Morgan fingerprint density at radius 2 is 1.86 bits per heavy atom. The van der Waals surface area contributed by atoms with E-state index < -0.39 is 0 Å². The summed E-state index contributed by atoms with van der Waals surface area (Å²) in [4.78, 5) is 14.1. The van der Waals surface area contributed by atoms with E-state index in [1.54, 1.807) is 18.3 Å². The number of piperidine rings is 1. The highest BCUT2D eigenvalue weighted by molar-refractivity contribution is 6.35. The first kappa shape index (κ1) is 20.6. The molecule has 0 aliphatic carbocycles. The second-order valence-electron chi connectivity index (χ2n) is 6.72. The van der Waals surface area contributed by atoms with E-state index in [2.05, 4.69) is 15.4 Å². The van der Waals surface area contributed by atoms with Crippen molar-refractivity contribution >= 4 is 35.3 Å². The van der Waals surface area contributed by atoms with Crippen molar-refractivity contribution < 1.29 is 9.53 Å². The predicted molar refractivity (Wildman–Crippen MR) is 113 cm³/mol.